The molecule has 2 fully saturated rings. The van der Waals surface area contributed by atoms with E-state index in [1.165, 1.54) is 0 Å². The van der Waals surface area contributed by atoms with E-state index in [1.807, 2.05) is 18.2 Å². The Morgan fingerprint density at radius 3 is 1.94 bits per heavy atom. The van der Waals surface area contributed by atoms with Crippen LogP contribution in [0.4, 0.5) is 0 Å². The molecule has 1 aromatic carbocycles. The minimum Gasteiger partial charge on any atom is -0.404 e. The summed E-state index contributed by atoms with van der Waals surface area (Å²) >= 11 is 0. The second kappa shape index (κ2) is 4.45. The van der Waals surface area contributed by atoms with E-state index in [2.05, 4.69) is 0 Å². The maximum atomic E-state index is 12.4. The van der Waals surface area contributed by atoms with Gasteiger partial charge >= 0.3 is 7.82 Å². The molecule has 0 spiro atoms. The molecule has 0 saturated heterocycles. The third-order valence-corrected chi connectivity index (χ3v) is 4.11. The predicted octanol–water partition coefficient (Wildman–Crippen LogP) is 3.53. The molecule has 1 aromatic rings. The molecule has 3 rings (SSSR count). The Morgan fingerprint density at radius 1 is 0.941 bits per heavy atom. The molecule has 2 saturated carbocycles. The molecule has 0 unspecified atom stereocenters. The molecule has 0 aromatic heterocycles. The Morgan fingerprint density at radius 2 is 1.47 bits per heavy atom. The van der Waals surface area contributed by atoms with Crippen molar-refractivity contribution in [1.29, 1.82) is 0 Å². The SMILES string of the molecule is O=P(Oc1ccccc1)(OC1CC1)OC1CC1. The van der Waals surface area contributed by atoms with Gasteiger partial charge < -0.3 is 4.52 Å². The molecule has 0 radical (unpaired) electrons. The van der Waals surface area contributed by atoms with Gasteiger partial charge in [-0.15, -0.1) is 0 Å². The van der Waals surface area contributed by atoms with Crippen molar-refractivity contribution in [1.82, 2.24) is 0 Å². The van der Waals surface area contributed by atoms with Crippen LogP contribution in [0.15, 0.2) is 30.3 Å². The van der Waals surface area contributed by atoms with Gasteiger partial charge in [0.2, 0.25) is 0 Å². The fourth-order valence-electron chi connectivity index (χ4n) is 1.39. The zero-order chi connectivity index (χ0) is 11.7. The zero-order valence-corrected chi connectivity index (χ0v) is 10.3. The van der Waals surface area contributed by atoms with Crippen LogP contribution in [0.2, 0.25) is 0 Å². The number of rotatable bonds is 6. The highest BCUT2D eigenvalue weighted by Crippen LogP contribution is 2.56. The van der Waals surface area contributed by atoms with Crippen LogP contribution in [-0.2, 0) is 13.6 Å². The highest BCUT2D eigenvalue weighted by Gasteiger charge is 2.42. The minimum absolute atomic E-state index is 0.0447. The number of benzene rings is 1. The van der Waals surface area contributed by atoms with Gasteiger partial charge in [-0.05, 0) is 37.8 Å². The van der Waals surface area contributed by atoms with Crippen molar-refractivity contribution in [2.45, 2.75) is 37.9 Å². The quantitative estimate of drug-likeness (QED) is 0.728. The summed E-state index contributed by atoms with van der Waals surface area (Å²) in [5, 5.41) is 0. The maximum absolute atomic E-state index is 12.4. The lowest BCUT2D eigenvalue weighted by atomic mass is 10.3. The Kier molecular flexibility index (Phi) is 2.95. The number of hydrogen-bond donors (Lipinski definition) is 0. The van der Waals surface area contributed by atoms with Gasteiger partial charge in [0.1, 0.15) is 5.75 Å². The van der Waals surface area contributed by atoms with Crippen molar-refractivity contribution in [2.75, 3.05) is 0 Å². The lowest BCUT2D eigenvalue weighted by Gasteiger charge is -2.18. The van der Waals surface area contributed by atoms with E-state index < -0.39 is 7.82 Å². The molecule has 2 aliphatic rings. The predicted molar refractivity (Wildman–Crippen MR) is 62.9 cm³/mol. The molecule has 0 N–H and O–H groups in total. The van der Waals surface area contributed by atoms with Gasteiger partial charge in [0, 0.05) is 0 Å². The summed E-state index contributed by atoms with van der Waals surface area (Å²) in [7, 11) is -3.43. The van der Waals surface area contributed by atoms with Crippen LogP contribution in [0.25, 0.3) is 0 Å². The lowest BCUT2D eigenvalue weighted by molar-refractivity contribution is 0.142. The van der Waals surface area contributed by atoms with E-state index in [4.69, 9.17) is 13.6 Å². The Bertz CT molecular complexity index is 407. The van der Waals surface area contributed by atoms with Crippen molar-refractivity contribution >= 4 is 7.82 Å². The fourth-order valence-corrected chi connectivity index (χ4v) is 3.06. The summed E-state index contributed by atoms with van der Waals surface area (Å²) in [6.45, 7) is 0. The summed E-state index contributed by atoms with van der Waals surface area (Å²) < 4.78 is 28.7. The molecule has 92 valence electrons. The van der Waals surface area contributed by atoms with Crippen molar-refractivity contribution in [3.8, 4) is 5.75 Å². The van der Waals surface area contributed by atoms with Gasteiger partial charge in [-0.25, -0.2) is 4.57 Å². The second-order valence-electron chi connectivity index (χ2n) is 4.46. The highest BCUT2D eigenvalue weighted by atomic mass is 31.2. The maximum Gasteiger partial charge on any atom is 0.530 e. The summed E-state index contributed by atoms with van der Waals surface area (Å²) in [6, 6.07) is 9.03. The van der Waals surface area contributed by atoms with Crippen LogP contribution in [-0.4, -0.2) is 12.2 Å². The van der Waals surface area contributed by atoms with Crippen LogP contribution in [0.3, 0.4) is 0 Å². The third kappa shape index (κ3) is 3.32. The fraction of sp³-hybridized carbons (Fsp3) is 0.500. The summed E-state index contributed by atoms with van der Waals surface area (Å²) in [5.74, 6) is 0.525. The van der Waals surface area contributed by atoms with E-state index in [0.717, 1.165) is 25.7 Å². The molecule has 5 heteroatoms. The van der Waals surface area contributed by atoms with Crippen molar-refractivity contribution in [2.24, 2.45) is 0 Å². The molecular formula is C12H15O4P. The molecule has 0 bridgehead atoms. The third-order valence-electron chi connectivity index (χ3n) is 2.57. The number of para-hydroxylation sites is 1. The molecule has 0 aliphatic heterocycles. The standard InChI is InChI=1S/C12H15O4P/c13-17(15-11-6-7-11,16-12-8-9-12)14-10-4-2-1-3-5-10/h1-5,11-12H,6-9H2. The van der Waals surface area contributed by atoms with Gasteiger partial charge in [0.05, 0.1) is 12.2 Å². The normalized spacial score (nSPS) is 20.2. The van der Waals surface area contributed by atoms with Crippen molar-refractivity contribution in [3.63, 3.8) is 0 Å². The first-order valence-electron chi connectivity index (χ1n) is 5.95. The summed E-state index contributed by atoms with van der Waals surface area (Å²) in [6.07, 6.45) is 3.85. The molecule has 0 heterocycles. The van der Waals surface area contributed by atoms with Crippen LogP contribution in [0.1, 0.15) is 25.7 Å². The number of phosphoric ester groups is 1. The first-order valence-corrected chi connectivity index (χ1v) is 7.41. The minimum atomic E-state index is -3.43. The molecule has 4 nitrogen and oxygen atoms in total. The first kappa shape index (κ1) is 11.3. The Balaban J connectivity index is 1.70. The summed E-state index contributed by atoms with van der Waals surface area (Å²) in [4.78, 5) is 0. The van der Waals surface area contributed by atoms with Gasteiger partial charge in [-0.2, -0.15) is 0 Å². The number of phosphoric acid groups is 1. The van der Waals surface area contributed by atoms with E-state index in [-0.39, 0.29) is 12.2 Å². The molecule has 0 atom stereocenters. The topological polar surface area (TPSA) is 44.8 Å². The average molecular weight is 254 g/mol. The van der Waals surface area contributed by atoms with Crippen LogP contribution in [0.5, 0.6) is 5.75 Å². The molecule has 2 aliphatic carbocycles. The summed E-state index contributed by atoms with van der Waals surface area (Å²) in [5.41, 5.74) is 0. The van der Waals surface area contributed by atoms with E-state index in [9.17, 15) is 4.57 Å². The van der Waals surface area contributed by atoms with Gasteiger partial charge in [0.15, 0.2) is 0 Å². The zero-order valence-electron chi connectivity index (χ0n) is 9.45. The van der Waals surface area contributed by atoms with Crippen LogP contribution in [0, 0.1) is 0 Å². The van der Waals surface area contributed by atoms with Gasteiger partial charge in [-0.1, -0.05) is 18.2 Å². The van der Waals surface area contributed by atoms with E-state index >= 15 is 0 Å². The Labute approximate surface area is 100 Å². The van der Waals surface area contributed by atoms with Gasteiger partial charge in [0.25, 0.3) is 0 Å². The van der Waals surface area contributed by atoms with Crippen molar-refractivity contribution < 1.29 is 18.1 Å². The lowest BCUT2D eigenvalue weighted by Crippen LogP contribution is -2.05. The van der Waals surface area contributed by atoms with E-state index in [1.54, 1.807) is 12.1 Å². The van der Waals surface area contributed by atoms with E-state index in [0.29, 0.717) is 5.75 Å². The van der Waals surface area contributed by atoms with Crippen molar-refractivity contribution in [3.05, 3.63) is 30.3 Å². The smallest absolute Gasteiger partial charge is 0.404 e. The molecule has 0 amide bonds. The first-order chi connectivity index (χ1) is 8.23. The monoisotopic (exact) mass is 254 g/mol. The van der Waals surface area contributed by atoms with Crippen LogP contribution < -0.4 is 4.52 Å². The largest absolute Gasteiger partial charge is 0.530 e. The highest BCUT2D eigenvalue weighted by molar-refractivity contribution is 7.49. The Hall–Kier alpha value is -0.830. The number of hydrogen-bond acceptors (Lipinski definition) is 4. The molecule has 17 heavy (non-hydrogen) atoms. The second-order valence-corrected chi connectivity index (χ2v) is 5.96. The van der Waals surface area contributed by atoms with Crippen LogP contribution >= 0.6 is 7.82 Å². The average Bonchev–Trinajstić information content (AvgIpc) is 3.17. The van der Waals surface area contributed by atoms with Gasteiger partial charge in [-0.3, -0.25) is 9.05 Å². The molecular weight excluding hydrogens is 239 g/mol.